The van der Waals surface area contributed by atoms with Crippen molar-refractivity contribution in [2.75, 3.05) is 37.2 Å². The van der Waals surface area contributed by atoms with Crippen LogP contribution >= 0.6 is 0 Å². The topological polar surface area (TPSA) is 108 Å². The molecule has 0 amide bonds. The largest absolute Gasteiger partial charge is 0.492 e. The molecule has 27 heavy (non-hydrogen) atoms. The Hall–Kier alpha value is -3.18. The van der Waals surface area contributed by atoms with Crippen molar-refractivity contribution in [1.82, 2.24) is 19.9 Å². The summed E-state index contributed by atoms with van der Waals surface area (Å²) < 4.78 is 34.0. The summed E-state index contributed by atoms with van der Waals surface area (Å²) in [4.78, 5) is 4.41. The van der Waals surface area contributed by atoms with Crippen LogP contribution in [0, 0.1) is 11.6 Å². The summed E-state index contributed by atoms with van der Waals surface area (Å²) >= 11 is 0. The highest BCUT2D eigenvalue weighted by atomic mass is 19.1. The number of rotatable bonds is 7. The average Bonchev–Trinajstić information content (AvgIpc) is 3.03. The smallest absolute Gasteiger partial charge is 0.182 e. The quantitative estimate of drug-likeness (QED) is 0.395. The molecule has 0 aliphatic heterocycles. The fourth-order valence-corrected chi connectivity index (χ4v) is 2.52. The van der Waals surface area contributed by atoms with Gasteiger partial charge in [0, 0.05) is 25.2 Å². The molecule has 0 fully saturated rings. The van der Waals surface area contributed by atoms with Gasteiger partial charge in [-0.2, -0.15) is 9.61 Å². The third kappa shape index (κ3) is 3.68. The van der Waals surface area contributed by atoms with Crippen LogP contribution in [0.25, 0.3) is 5.65 Å². The van der Waals surface area contributed by atoms with Gasteiger partial charge in [-0.1, -0.05) is 0 Å². The molecular formula is C16H19F2N7O2. The standard InChI is InChI=1S/C16H19F2N7O2/c1-19-13-6-12(22-10-5-8(17)4-9(18)14(10)27-3)24-15-11(7-21-25(13)15)23-16(26)20-2/h4-7,16,19-20,23,26H,1-3H3,(H,22,24). The number of aromatic nitrogens is 3. The van der Waals surface area contributed by atoms with Crippen LogP contribution in [-0.4, -0.2) is 47.3 Å². The molecule has 1 aromatic carbocycles. The maximum absolute atomic E-state index is 13.9. The number of halogens is 2. The fraction of sp³-hybridized carbons (Fsp3) is 0.250. The minimum atomic E-state index is -1.01. The van der Waals surface area contributed by atoms with Gasteiger partial charge in [0.1, 0.15) is 23.1 Å². The van der Waals surface area contributed by atoms with Crippen molar-refractivity contribution in [2.45, 2.75) is 6.35 Å². The molecule has 2 heterocycles. The van der Waals surface area contributed by atoms with Crippen LogP contribution in [0.2, 0.25) is 0 Å². The number of methoxy groups -OCH3 is 1. The van der Waals surface area contributed by atoms with E-state index in [4.69, 9.17) is 4.74 Å². The van der Waals surface area contributed by atoms with Gasteiger partial charge in [0.05, 0.1) is 19.0 Å². The molecule has 1 unspecified atom stereocenters. The summed E-state index contributed by atoms with van der Waals surface area (Å²) in [7, 11) is 4.56. The molecule has 0 spiro atoms. The SMILES string of the molecule is CNc1cc(Nc2cc(F)cc(F)c2OC)nc2c(NC(O)NC)cnn12. The van der Waals surface area contributed by atoms with E-state index in [0.29, 0.717) is 17.2 Å². The first-order valence-electron chi connectivity index (χ1n) is 7.95. The summed E-state index contributed by atoms with van der Waals surface area (Å²) in [6.45, 7) is 0. The summed E-state index contributed by atoms with van der Waals surface area (Å²) in [5.41, 5.74) is 0.919. The average molecular weight is 379 g/mol. The third-order valence-corrected chi connectivity index (χ3v) is 3.77. The van der Waals surface area contributed by atoms with E-state index in [1.54, 1.807) is 20.2 Å². The van der Waals surface area contributed by atoms with Gasteiger partial charge in [-0.25, -0.2) is 13.8 Å². The Morgan fingerprint density at radius 2 is 1.96 bits per heavy atom. The lowest BCUT2D eigenvalue weighted by Gasteiger charge is -2.14. The lowest BCUT2D eigenvalue weighted by Crippen LogP contribution is -2.32. The maximum Gasteiger partial charge on any atom is 0.182 e. The Balaban J connectivity index is 2.06. The number of ether oxygens (including phenoxy) is 1. The van der Waals surface area contributed by atoms with E-state index in [1.807, 2.05) is 0 Å². The Morgan fingerprint density at radius 3 is 2.63 bits per heavy atom. The lowest BCUT2D eigenvalue weighted by atomic mass is 10.2. The molecule has 11 heteroatoms. The Labute approximate surface area is 153 Å². The van der Waals surface area contributed by atoms with Crippen LogP contribution in [-0.2, 0) is 0 Å². The van der Waals surface area contributed by atoms with Gasteiger partial charge >= 0.3 is 0 Å². The van der Waals surface area contributed by atoms with E-state index in [-0.39, 0.29) is 17.3 Å². The van der Waals surface area contributed by atoms with Crippen LogP contribution in [0.5, 0.6) is 5.75 Å². The fourth-order valence-electron chi connectivity index (χ4n) is 2.52. The first-order valence-corrected chi connectivity index (χ1v) is 7.95. The molecule has 0 saturated heterocycles. The normalized spacial score (nSPS) is 12.1. The Morgan fingerprint density at radius 1 is 1.19 bits per heavy atom. The van der Waals surface area contributed by atoms with Crippen molar-refractivity contribution in [3.05, 3.63) is 36.0 Å². The first-order chi connectivity index (χ1) is 13.0. The molecule has 1 atom stereocenters. The maximum atomic E-state index is 13.9. The highest BCUT2D eigenvalue weighted by Gasteiger charge is 2.16. The zero-order valence-electron chi connectivity index (χ0n) is 14.8. The number of nitrogens with one attached hydrogen (secondary N) is 4. The number of hydrogen-bond acceptors (Lipinski definition) is 8. The lowest BCUT2D eigenvalue weighted by molar-refractivity contribution is 0.176. The van der Waals surface area contributed by atoms with E-state index in [1.165, 1.54) is 17.8 Å². The van der Waals surface area contributed by atoms with Gasteiger partial charge in [0.2, 0.25) is 0 Å². The highest BCUT2D eigenvalue weighted by Crippen LogP contribution is 2.32. The predicted octanol–water partition coefficient (Wildman–Crippen LogP) is 1.71. The van der Waals surface area contributed by atoms with Crippen molar-refractivity contribution in [3.8, 4) is 5.75 Å². The van der Waals surface area contributed by atoms with Gasteiger partial charge in [-0.3, -0.25) is 5.32 Å². The number of nitrogens with zero attached hydrogens (tertiary/aromatic N) is 3. The summed E-state index contributed by atoms with van der Waals surface area (Å²) in [5, 5.41) is 25.2. The minimum absolute atomic E-state index is 0.0817. The minimum Gasteiger partial charge on any atom is -0.492 e. The third-order valence-electron chi connectivity index (χ3n) is 3.77. The number of fused-ring (bicyclic) bond motifs is 1. The summed E-state index contributed by atoms with van der Waals surface area (Å²) in [6, 6.07) is 3.45. The predicted molar refractivity (Wildman–Crippen MR) is 97.4 cm³/mol. The van der Waals surface area contributed by atoms with Crippen molar-refractivity contribution in [3.63, 3.8) is 0 Å². The van der Waals surface area contributed by atoms with Crippen molar-refractivity contribution >= 4 is 28.7 Å². The van der Waals surface area contributed by atoms with E-state index in [2.05, 4.69) is 31.3 Å². The van der Waals surface area contributed by atoms with Gasteiger partial charge in [-0.15, -0.1) is 0 Å². The van der Waals surface area contributed by atoms with Gasteiger partial charge in [0.25, 0.3) is 0 Å². The van der Waals surface area contributed by atoms with Crippen LogP contribution < -0.4 is 26.0 Å². The van der Waals surface area contributed by atoms with E-state index < -0.39 is 18.0 Å². The first kappa shape index (κ1) is 18.6. The van der Waals surface area contributed by atoms with Crippen LogP contribution in [0.1, 0.15) is 0 Å². The second kappa shape index (κ2) is 7.60. The van der Waals surface area contributed by atoms with Crippen molar-refractivity contribution < 1.29 is 18.6 Å². The van der Waals surface area contributed by atoms with E-state index in [0.717, 1.165) is 12.1 Å². The molecule has 0 bridgehead atoms. The van der Waals surface area contributed by atoms with Crippen molar-refractivity contribution in [2.24, 2.45) is 0 Å². The molecule has 3 rings (SSSR count). The van der Waals surface area contributed by atoms with Crippen LogP contribution in [0.4, 0.5) is 31.8 Å². The molecule has 0 radical (unpaired) electrons. The van der Waals surface area contributed by atoms with Crippen LogP contribution in [0.15, 0.2) is 24.4 Å². The summed E-state index contributed by atoms with van der Waals surface area (Å²) in [6.07, 6.45) is 0.488. The van der Waals surface area contributed by atoms with Gasteiger partial charge in [0.15, 0.2) is 23.6 Å². The van der Waals surface area contributed by atoms with Gasteiger partial charge in [-0.05, 0) is 7.05 Å². The molecular weight excluding hydrogens is 360 g/mol. The number of benzene rings is 1. The molecule has 0 saturated carbocycles. The molecule has 5 N–H and O–H groups in total. The van der Waals surface area contributed by atoms with Crippen LogP contribution in [0.3, 0.4) is 0 Å². The highest BCUT2D eigenvalue weighted by molar-refractivity contribution is 5.74. The van der Waals surface area contributed by atoms with Crippen molar-refractivity contribution in [1.29, 1.82) is 0 Å². The molecule has 3 aromatic rings. The molecule has 144 valence electrons. The number of aliphatic hydroxyl groups excluding tert-OH is 1. The Bertz CT molecular complexity index is 964. The van der Waals surface area contributed by atoms with Gasteiger partial charge < -0.3 is 25.8 Å². The molecule has 0 aliphatic rings. The van der Waals surface area contributed by atoms with E-state index >= 15 is 0 Å². The second-order valence-corrected chi connectivity index (χ2v) is 5.50. The molecule has 0 aliphatic carbocycles. The Kier molecular flexibility index (Phi) is 5.23. The summed E-state index contributed by atoms with van der Waals surface area (Å²) in [5.74, 6) is -0.877. The monoisotopic (exact) mass is 379 g/mol. The second-order valence-electron chi connectivity index (χ2n) is 5.50. The van der Waals surface area contributed by atoms with E-state index in [9.17, 15) is 13.9 Å². The number of anilines is 4. The zero-order valence-corrected chi connectivity index (χ0v) is 14.8. The molecule has 2 aromatic heterocycles. The number of aliphatic hydroxyl groups is 1. The number of hydrogen-bond donors (Lipinski definition) is 5. The zero-order chi connectivity index (χ0) is 19.6. The molecule has 9 nitrogen and oxygen atoms in total.